The number of carbonyl (C=O) groups excluding carboxylic acids is 1. The minimum atomic E-state index is -2.53. The van der Waals surface area contributed by atoms with Crippen molar-refractivity contribution in [3.05, 3.63) is 0 Å². The molecule has 6 nitrogen and oxygen atoms in total. The fourth-order valence-electron chi connectivity index (χ4n) is 1.48. The van der Waals surface area contributed by atoms with E-state index >= 15 is 0 Å². The molecule has 0 saturated carbocycles. The Morgan fingerprint density at radius 1 is 1.24 bits per heavy atom. The highest BCUT2D eigenvalue weighted by Gasteiger charge is 2.37. The van der Waals surface area contributed by atoms with Gasteiger partial charge in [0.25, 0.3) is 0 Å². The average molecular weight is 265 g/mol. The third-order valence-corrected chi connectivity index (χ3v) is 5.39. The number of rotatable bonds is 8. The van der Waals surface area contributed by atoms with E-state index in [9.17, 15) is 4.79 Å². The van der Waals surface area contributed by atoms with E-state index in [2.05, 4.69) is 4.74 Å². The fraction of sp³-hybridized carbons (Fsp3) is 0.900. The second-order valence-electron chi connectivity index (χ2n) is 3.52. The molecule has 0 rings (SSSR count). The third kappa shape index (κ3) is 5.49. The van der Waals surface area contributed by atoms with Gasteiger partial charge >= 0.3 is 14.9 Å². The third-order valence-electron chi connectivity index (χ3n) is 2.45. The zero-order valence-electron chi connectivity index (χ0n) is 11.3. The summed E-state index contributed by atoms with van der Waals surface area (Å²) in [5.41, 5.74) is 0. The number of carbonyl (C=O) groups is 1. The lowest BCUT2D eigenvalue weighted by Crippen LogP contribution is -2.44. The van der Waals surface area contributed by atoms with Gasteiger partial charge in [0.15, 0.2) is 0 Å². The predicted octanol–water partition coefficient (Wildman–Crippen LogP) is 1.34. The SMILES string of the molecule is CCO[Si](CCCN(C)C(=O)OC)(OC)OC. The molecular formula is C10H23NO5Si. The van der Waals surface area contributed by atoms with E-state index in [1.165, 1.54) is 12.0 Å². The van der Waals surface area contributed by atoms with Crippen LogP contribution in [-0.2, 0) is 18.0 Å². The van der Waals surface area contributed by atoms with Gasteiger partial charge in [0, 0.05) is 40.5 Å². The van der Waals surface area contributed by atoms with Crippen LogP contribution >= 0.6 is 0 Å². The highest BCUT2D eigenvalue weighted by atomic mass is 28.4. The molecule has 0 aromatic rings. The summed E-state index contributed by atoms with van der Waals surface area (Å²) in [4.78, 5) is 12.7. The molecule has 7 heteroatoms. The smallest absolute Gasteiger partial charge is 0.453 e. The van der Waals surface area contributed by atoms with E-state index in [0.29, 0.717) is 19.2 Å². The number of amides is 1. The van der Waals surface area contributed by atoms with E-state index in [4.69, 9.17) is 13.3 Å². The van der Waals surface area contributed by atoms with Gasteiger partial charge in [-0.2, -0.15) is 0 Å². The second-order valence-corrected chi connectivity index (χ2v) is 6.49. The number of nitrogens with zero attached hydrogens (tertiary/aromatic N) is 1. The summed E-state index contributed by atoms with van der Waals surface area (Å²) in [6.45, 7) is 3.04. The van der Waals surface area contributed by atoms with Crippen LogP contribution in [0.5, 0.6) is 0 Å². The molecule has 0 saturated heterocycles. The van der Waals surface area contributed by atoms with Gasteiger partial charge in [-0.25, -0.2) is 4.79 Å². The summed E-state index contributed by atoms with van der Waals surface area (Å²) in [7, 11) is 3.70. The molecule has 0 aromatic heterocycles. The first-order valence-corrected chi connectivity index (χ1v) is 7.51. The molecule has 0 heterocycles. The first-order chi connectivity index (χ1) is 8.05. The van der Waals surface area contributed by atoms with Crippen LogP contribution in [0.3, 0.4) is 0 Å². The average Bonchev–Trinajstić information content (AvgIpc) is 2.36. The molecule has 0 aromatic carbocycles. The first kappa shape index (κ1) is 16.4. The van der Waals surface area contributed by atoms with E-state index in [0.717, 1.165) is 6.42 Å². The largest absolute Gasteiger partial charge is 0.500 e. The van der Waals surface area contributed by atoms with Gasteiger partial charge in [-0.1, -0.05) is 0 Å². The quantitative estimate of drug-likeness (QED) is 0.620. The number of methoxy groups -OCH3 is 1. The van der Waals surface area contributed by atoms with Crippen LogP contribution in [0.15, 0.2) is 0 Å². The molecule has 102 valence electrons. The van der Waals surface area contributed by atoms with Crippen LogP contribution in [0.1, 0.15) is 13.3 Å². The van der Waals surface area contributed by atoms with Gasteiger partial charge < -0.3 is 22.9 Å². The van der Waals surface area contributed by atoms with Crippen molar-refractivity contribution in [1.29, 1.82) is 0 Å². The van der Waals surface area contributed by atoms with Gasteiger partial charge in [0.1, 0.15) is 0 Å². The topological polar surface area (TPSA) is 57.2 Å². The molecular weight excluding hydrogens is 242 g/mol. The normalized spacial score (nSPS) is 11.4. The second kappa shape index (κ2) is 8.46. The highest BCUT2D eigenvalue weighted by molar-refractivity contribution is 6.60. The van der Waals surface area contributed by atoms with Gasteiger partial charge in [0.05, 0.1) is 7.11 Å². The summed E-state index contributed by atoms with van der Waals surface area (Å²) in [6, 6.07) is 0.676. The zero-order chi connectivity index (χ0) is 13.3. The van der Waals surface area contributed by atoms with Crippen molar-refractivity contribution >= 4 is 14.9 Å². The highest BCUT2D eigenvalue weighted by Crippen LogP contribution is 2.16. The number of ether oxygens (including phenoxy) is 1. The Hall–Kier alpha value is -0.633. The molecule has 0 aliphatic rings. The summed E-state index contributed by atoms with van der Waals surface area (Å²) < 4.78 is 20.9. The lowest BCUT2D eigenvalue weighted by Gasteiger charge is -2.26. The predicted molar refractivity (Wildman–Crippen MR) is 65.9 cm³/mol. The molecule has 0 N–H and O–H groups in total. The van der Waals surface area contributed by atoms with Crippen LogP contribution in [0.25, 0.3) is 0 Å². The Labute approximate surface area is 104 Å². The van der Waals surface area contributed by atoms with Crippen molar-refractivity contribution in [1.82, 2.24) is 4.90 Å². The van der Waals surface area contributed by atoms with Gasteiger partial charge in [-0.15, -0.1) is 0 Å². The maximum absolute atomic E-state index is 11.2. The van der Waals surface area contributed by atoms with Gasteiger partial charge in [-0.3, -0.25) is 0 Å². The Kier molecular flexibility index (Phi) is 8.14. The van der Waals surface area contributed by atoms with Gasteiger partial charge in [-0.05, 0) is 13.3 Å². The summed E-state index contributed by atoms with van der Waals surface area (Å²) in [5.74, 6) is 0. The maximum Gasteiger partial charge on any atom is 0.500 e. The van der Waals surface area contributed by atoms with Gasteiger partial charge in [0.2, 0.25) is 0 Å². The van der Waals surface area contributed by atoms with E-state index < -0.39 is 8.80 Å². The number of hydrogen-bond donors (Lipinski definition) is 0. The van der Waals surface area contributed by atoms with Crippen molar-refractivity contribution in [2.24, 2.45) is 0 Å². The van der Waals surface area contributed by atoms with Crippen LogP contribution in [-0.4, -0.2) is 61.3 Å². The minimum Gasteiger partial charge on any atom is -0.453 e. The molecule has 0 unspecified atom stereocenters. The van der Waals surface area contributed by atoms with Crippen LogP contribution in [0.2, 0.25) is 6.04 Å². The lowest BCUT2D eigenvalue weighted by atomic mass is 10.4. The molecule has 0 fully saturated rings. The van der Waals surface area contributed by atoms with Crippen molar-refractivity contribution in [2.45, 2.75) is 19.4 Å². The first-order valence-electron chi connectivity index (χ1n) is 5.58. The molecule has 0 spiro atoms. The standard InChI is InChI=1S/C10H23NO5Si/c1-6-16-17(14-4,15-5)9-7-8-11(2)10(12)13-3/h6-9H2,1-5H3. The molecule has 1 amide bonds. The van der Waals surface area contributed by atoms with Crippen molar-refractivity contribution in [3.63, 3.8) is 0 Å². The van der Waals surface area contributed by atoms with Crippen molar-refractivity contribution in [3.8, 4) is 0 Å². The van der Waals surface area contributed by atoms with Crippen LogP contribution in [0.4, 0.5) is 4.79 Å². The Bertz CT molecular complexity index is 223. The summed E-state index contributed by atoms with van der Waals surface area (Å²) in [5, 5.41) is 0. The molecule has 0 bridgehead atoms. The Balaban J connectivity index is 4.09. The zero-order valence-corrected chi connectivity index (χ0v) is 12.3. The monoisotopic (exact) mass is 265 g/mol. The maximum atomic E-state index is 11.2. The molecule has 0 aliphatic heterocycles. The lowest BCUT2D eigenvalue weighted by molar-refractivity contribution is 0.101. The van der Waals surface area contributed by atoms with Crippen LogP contribution in [0, 0.1) is 0 Å². The van der Waals surface area contributed by atoms with Crippen molar-refractivity contribution < 1.29 is 22.8 Å². The summed E-state index contributed by atoms with van der Waals surface area (Å²) in [6.07, 6.45) is 0.406. The molecule has 0 radical (unpaired) electrons. The number of hydrogen-bond acceptors (Lipinski definition) is 5. The molecule has 0 atom stereocenters. The van der Waals surface area contributed by atoms with Crippen LogP contribution < -0.4 is 0 Å². The van der Waals surface area contributed by atoms with Crippen molar-refractivity contribution in [2.75, 3.05) is 41.5 Å². The Morgan fingerprint density at radius 3 is 2.24 bits per heavy atom. The molecule has 0 aliphatic carbocycles. The fourth-order valence-corrected chi connectivity index (χ4v) is 3.46. The Morgan fingerprint density at radius 2 is 1.82 bits per heavy atom. The summed E-state index contributed by atoms with van der Waals surface area (Å²) >= 11 is 0. The van der Waals surface area contributed by atoms with E-state index in [1.54, 1.807) is 21.3 Å². The van der Waals surface area contributed by atoms with E-state index in [-0.39, 0.29) is 6.09 Å². The van der Waals surface area contributed by atoms with E-state index in [1.807, 2.05) is 6.92 Å². The molecule has 17 heavy (non-hydrogen) atoms. The minimum absolute atomic E-state index is 0.344.